The van der Waals surface area contributed by atoms with Crippen molar-refractivity contribution in [3.63, 3.8) is 0 Å². The summed E-state index contributed by atoms with van der Waals surface area (Å²) in [4.78, 5) is 13.0. The highest BCUT2D eigenvalue weighted by molar-refractivity contribution is 5.29. The van der Waals surface area contributed by atoms with Gasteiger partial charge in [-0.1, -0.05) is 0 Å². The predicted molar refractivity (Wildman–Crippen MR) is 44.6 cm³/mol. The lowest BCUT2D eigenvalue weighted by molar-refractivity contribution is 0.145. The number of H-pyrrole nitrogens is 1. The molecular weight excluding hydrogens is 178 g/mol. The summed E-state index contributed by atoms with van der Waals surface area (Å²) < 4.78 is 24.6. The zero-order valence-corrected chi connectivity index (χ0v) is 7.10. The van der Waals surface area contributed by atoms with Gasteiger partial charge in [0, 0.05) is 12.6 Å². The van der Waals surface area contributed by atoms with Gasteiger partial charge in [0.15, 0.2) is 0 Å². The lowest BCUT2D eigenvalue weighted by Crippen LogP contribution is -2.14. The molecule has 0 unspecified atom stereocenters. The van der Waals surface area contributed by atoms with E-state index in [1.54, 1.807) is 0 Å². The van der Waals surface area contributed by atoms with E-state index in [4.69, 9.17) is 5.73 Å². The number of aromatic amines is 1. The first kappa shape index (κ1) is 9.85. The third-order valence-corrected chi connectivity index (χ3v) is 1.89. The van der Waals surface area contributed by atoms with Crippen molar-refractivity contribution in [1.29, 1.82) is 0 Å². The zero-order valence-electron chi connectivity index (χ0n) is 7.10. The van der Waals surface area contributed by atoms with E-state index in [-0.39, 0.29) is 12.2 Å². The van der Waals surface area contributed by atoms with Gasteiger partial charge in [0.1, 0.15) is 0 Å². The second kappa shape index (κ2) is 3.66. The lowest BCUT2D eigenvalue weighted by Gasteiger charge is -2.07. The van der Waals surface area contributed by atoms with E-state index in [0.717, 1.165) is 0 Å². The molecule has 0 aliphatic carbocycles. The molecule has 0 radical (unpaired) electrons. The van der Waals surface area contributed by atoms with Crippen molar-refractivity contribution >= 4 is 0 Å². The Morgan fingerprint density at radius 3 is 2.69 bits per heavy atom. The molecule has 1 aromatic heterocycles. The van der Waals surface area contributed by atoms with Gasteiger partial charge >= 0.3 is 0 Å². The molecule has 72 valence electrons. The molecule has 0 bridgehead atoms. The molecule has 0 fully saturated rings. The minimum Gasteiger partial charge on any atom is -0.326 e. The van der Waals surface area contributed by atoms with Crippen molar-refractivity contribution in [2.75, 3.05) is 0 Å². The summed E-state index contributed by atoms with van der Waals surface area (Å²) in [5.41, 5.74) is 5.23. The summed E-state index contributed by atoms with van der Waals surface area (Å²) in [6, 6.07) is 1.24. The molecule has 1 rings (SSSR count). The Morgan fingerprint density at radius 2 is 2.23 bits per heavy atom. The molecular formula is C8H10F2N2O. The van der Waals surface area contributed by atoms with Crippen LogP contribution in [-0.4, -0.2) is 4.98 Å². The Morgan fingerprint density at radius 1 is 1.62 bits per heavy atom. The van der Waals surface area contributed by atoms with Crippen LogP contribution < -0.4 is 11.3 Å². The number of alkyl halides is 2. The molecule has 0 aromatic carbocycles. The van der Waals surface area contributed by atoms with Crippen LogP contribution in [0.1, 0.15) is 23.2 Å². The van der Waals surface area contributed by atoms with Crippen LogP contribution in [0.4, 0.5) is 8.78 Å². The number of hydrogen-bond donors (Lipinski definition) is 2. The number of pyridine rings is 1. The van der Waals surface area contributed by atoms with Gasteiger partial charge in [-0.2, -0.15) is 0 Å². The SMILES string of the molecule is Cc1c(CN)cc(=O)[nH]c1C(F)F. The van der Waals surface area contributed by atoms with Gasteiger partial charge in [0.2, 0.25) is 5.56 Å². The fourth-order valence-corrected chi connectivity index (χ4v) is 1.13. The molecule has 0 aliphatic rings. The molecule has 0 atom stereocenters. The maximum atomic E-state index is 12.3. The zero-order chi connectivity index (χ0) is 10.0. The molecule has 0 spiro atoms. The van der Waals surface area contributed by atoms with E-state index >= 15 is 0 Å². The highest BCUT2D eigenvalue weighted by atomic mass is 19.3. The predicted octanol–water partition coefficient (Wildman–Crippen LogP) is 1.08. The van der Waals surface area contributed by atoms with Gasteiger partial charge < -0.3 is 10.7 Å². The van der Waals surface area contributed by atoms with Crippen molar-refractivity contribution in [2.45, 2.75) is 19.9 Å². The Balaban J connectivity index is 3.36. The van der Waals surface area contributed by atoms with E-state index in [1.165, 1.54) is 13.0 Å². The van der Waals surface area contributed by atoms with Crippen molar-refractivity contribution < 1.29 is 8.78 Å². The maximum Gasteiger partial charge on any atom is 0.278 e. The summed E-state index contributed by atoms with van der Waals surface area (Å²) >= 11 is 0. The van der Waals surface area contributed by atoms with Crippen LogP contribution >= 0.6 is 0 Å². The fourth-order valence-electron chi connectivity index (χ4n) is 1.13. The number of nitrogens with one attached hydrogen (secondary N) is 1. The average molecular weight is 188 g/mol. The van der Waals surface area contributed by atoms with Gasteiger partial charge in [-0.15, -0.1) is 0 Å². The van der Waals surface area contributed by atoms with Gasteiger partial charge in [-0.05, 0) is 18.1 Å². The molecule has 3 nitrogen and oxygen atoms in total. The van der Waals surface area contributed by atoms with Gasteiger partial charge in [-0.25, -0.2) is 8.78 Å². The number of hydrogen-bond acceptors (Lipinski definition) is 2. The normalized spacial score (nSPS) is 10.8. The Labute approximate surface area is 73.6 Å². The molecule has 1 heterocycles. The number of aromatic nitrogens is 1. The highest BCUT2D eigenvalue weighted by Crippen LogP contribution is 2.20. The monoisotopic (exact) mass is 188 g/mol. The van der Waals surface area contributed by atoms with E-state index in [2.05, 4.69) is 4.98 Å². The lowest BCUT2D eigenvalue weighted by atomic mass is 10.1. The second-order valence-corrected chi connectivity index (χ2v) is 2.70. The van der Waals surface area contributed by atoms with Crippen LogP contribution in [0.3, 0.4) is 0 Å². The van der Waals surface area contributed by atoms with Gasteiger partial charge in [-0.3, -0.25) is 4.79 Å². The molecule has 0 aliphatic heterocycles. The molecule has 3 N–H and O–H groups in total. The first-order valence-corrected chi connectivity index (χ1v) is 3.77. The van der Waals surface area contributed by atoms with Crippen LogP contribution in [0.15, 0.2) is 10.9 Å². The molecule has 0 saturated carbocycles. The third kappa shape index (κ3) is 1.92. The summed E-state index contributed by atoms with van der Waals surface area (Å²) in [5.74, 6) is 0. The molecule has 0 amide bonds. The highest BCUT2D eigenvalue weighted by Gasteiger charge is 2.13. The Bertz CT molecular complexity index is 360. The smallest absolute Gasteiger partial charge is 0.278 e. The minimum absolute atomic E-state index is 0.0927. The molecule has 13 heavy (non-hydrogen) atoms. The first-order valence-electron chi connectivity index (χ1n) is 3.77. The molecule has 5 heteroatoms. The fraction of sp³-hybridized carbons (Fsp3) is 0.375. The largest absolute Gasteiger partial charge is 0.326 e. The van der Waals surface area contributed by atoms with Crippen molar-refractivity contribution in [3.8, 4) is 0 Å². The summed E-state index contributed by atoms with van der Waals surface area (Å²) in [6.45, 7) is 1.61. The summed E-state index contributed by atoms with van der Waals surface area (Å²) in [7, 11) is 0. The maximum absolute atomic E-state index is 12.3. The molecule has 0 saturated heterocycles. The van der Waals surface area contributed by atoms with Crippen LogP contribution in [0.2, 0.25) is 0 Å². The first-order chi connectivity index (χ1) is 6.06. The third-order valence-electron chi connectivity index (χ3n) is 1.89. The van der Waals surface area contributed by atoms with Crippen LogP contribution in [0.5, 0.6) is 0 Å². The Kier molecular flexibility index (Phi) is 2.77. The average Bonchev–Trinajstić information content (AvgIpc) is 2.08. The quantitative estimate of drug-likeness (QED) is 0.729. The number of rotatable bonds is 2. The number of nitrogens with two attached hydrogens (primary N) is 1. The van der Waals surface area contributed by atoms with E-state index in [1.807, 2.05) is 0 Å². The second-order valence-electron chi connectivity index (χ2n) is 2.70. The van der Waals surface area contributed by atoms with Crippen LogP contribution in [0, 0.1) is 6.92 Å². The standard InChI is InChI=1S/C8H10F2N2O/c1-4-5(3-11)2-6(13)12-7(4)8(9)10/h2,8H,3,11H2,1H3,(H,12,13). The van der Waals surface area contributed by atoms with Crippen LogP contribution in [-0.2, 0) is 6.54 Å². The van der Waals surface area contributed by atoms with Crippen LogP contribution in [0.25, 0.3) is 0 Å². The van der Waals surface area contributed by atoms with E-state index < -0.39 is 12.0 Å². The van der Waals surface area contributed by atoms with Gasteiger partial charge in [0.05, 0.1) is 5.69 Å². The van der Waals surface area contributed by atoms with Crippen molar-refractivity contribution in [2.24, 2.45) is 5.73 Å². The minimum atomic E-state index is -2.67. The van der Waals surface area contributed by atoms with E-state index in [9.17, 15) is 13.6 Å². The number of halogens is 2. The van der Waals surface area contributed by atoms with Gasteiger partial charge in [0.25, 0.3) is 6.43 Å². The van der Waals surface area contributed by atoms with Crippen molar-refractivity contribution in [1.82, 2.24) is 4.98 Å². The topological polar surface area (TPSA) is 58.9 Å². The Hall–Kier alpha value is -1.23. The summed E-state index contributed by atoms with van der Waals surface area (Å²) in [6.07, 6.45) is -2.67. The molecule has 1 aromatic rings. The van der Waals surface area contributed by atoms with Crippen molar-refractivity contribution in [3.05, 3.63) is 33.2 Å². The summed E-state index contributed by atoms with van der Waals surface area (Å²) in [5, 5.41) is 0. The van der Waals surface area contributed by atoms with E-state index in [0.29, 0.717) is 11.1 Å².